The van der Waals surface area contributed by atoms with Crippen LogP contribution >= 0.6 is 43.2 Å². The largest absolute Gasteiger partial charge is 0.143 e. The second kappa shape index (κ2) is 3.43. The second-order valence-corrected chi connectivity index (χ2v) is 6.44. The first kappa shape index (κ1) is 9.22. The monoisotopic (exact) mass is 308 g/mol. The van der Waals surface area contributed by atoms with Gasteiger partial charge in [0.1, 0.15) is 0 Å². The summed E-state index contributed by atoms with van der Waals surface area (Å²) in [5.74, 6) is 0.888. The highest BCUT2D eigenvalue weighted by Gasteiger charge is 2.32. The van der Waals surface area contributed by atoms with E-state index in [2.05, 4.69) is 44.8 Å². The molecule has 0 aromatic carbocycles. The minimum absolute atomic E-state index is 0.588. The Labute approximate surface area is 93.6 Å². The van der Waals surface area contributed by atoms with Crippen LogP contribution in [0.4, 0.5) is 0 Å². The molecule has 1 aliphatic carbocycles. The van der Waals surface area contributed by atoms with E-state index >= 15 is 0 Å². The van der Waals surface area contributed by atoms with Crippen LogP contribution in [-0.4, -0.2) is 0 Å². The Balaban J connectivity index is 2.25. The molecule has 1 aliphatic rings. The van der Waals surface area contributed by atoms with Crippen molar-refractivity contribution in [1.29, 1.82) is 0 Å². The quantitative estimate of drug-likeness (QED) is 0.697. The van der Waals surface area contributed by atoms with Gasteiger partial charge in [-0.3, -0.25) is 0 Å². The molecular formula is C9H10Br2S. The molecule has 1 saturated carbocycles. The maximum atomic E-state index is 3.76. The summed E-state index contributed by atoms with van der Waals surface area (Å²) in [4.78, 5) is 3.45. The first-order valence-electron chi connectivity index (χ1n) is 4.08. The fraction of sp³-hybridized carbons (Fsp3) is 0.556. The zero-order valence-corrected chi connectivity index (χ0v) is 10.8. The number of hydrogen-bond donors (Lipinski definition) is 0. The Morgan fingerprint density at radius 2 is 2.25 bits per heavy atom. The zero-order chi connectivity index (χ0) is 8.72. The van der Waals surface area contributed by atoms with E-state index in [1.807, 2.05) is 11.3 Å². The van der Waals surface area contributed by atoms with Crippen molar-refractivity contribution in [3.05, 3.63) is 20.3 Å². The zero-order valence-electron chi connectivity index (χ0n) is 6.81. The summed E-state index contributed by atoms with van der Waals surface area (Å²) in [6, 6.07) is 2.20. The summed E-state index contributed by atoms with van der Waals surface area (Å²) >= 11 is 9.25. The van der Waals surface area contributed by atoms with Gasteiger partial charge in [0.25, 0.3) is 0 Å². The Hall–Kier alpha value is 0.660. The van der Waals surface area contributed by atoms with Gasteiger partial charge in [0.05, 0.1) is 4.83 Å². The Kier molecular flexibility index (Phi) is 2.64. The predicted molar refractivity (Wildman–Crippen MR) is 61.1 cm³/mol. The summed E-state index contributed by atoms with van der Waals surface area (Å²) in [5, 5.41) is 0. The first-order valence-corrected chi connectivity index (χ1v) is 6.61. The van der Waals surface area contributed by atoms with Gasteiger partial charge in [0.2, 0.25) is 0 Å². The smallest absolute Gasteiger partial charge is 0.0528 e. The van der Waals surface area contributed by atoms with E-state index in [1.54, 1.807) is 0 Å². The molecular weight excluding hydrogens is 300 g/mol. The number of rotatable bonds is 2. The standard InChI is InChI=1S/C9H10Br2S/c1-5-4-7(10)9(12-5)8(11)6-2-3-6/h4,6,8H,2-3H2,1H3. The van der Waals surface area contributed by atoms with Crippen molar-refractivity contribution in [2.75, 3.05) is 0 Å². The first-order chi connectivity index (χ1) is 5.68. The maximum absolute atomic E-state index is 3.76. The lowest BCUT2D eigenvalue weighted by Gasteiger charge is -2.05. The Morgan fingerprint density at radius 1 is 1.58 bits per heavy atom. The van der Waals surface area contributed by atoms with Crippen LogP contribution in [0, 0.1) is 12.8 Å². The van der Waals surface area contributed by atoms with Crippen molar-refractivity contribution in [3.63, 3.8) is 0 Å². The molecule has 0 nitrogen and oxygen atoms in total. The van der Waals surface area contributed by atoms with Gasteiger partial charge in [-0.25, -0.2) is 0 Å². The molecule has 0 spiro atoms. The maximum Gasteiger partial charge on any atom is 0.0528 e. The van der Waals surface area contributed by atoms with Crippen molar-refractivity contribution >= 4 is 43.2 Å². The lowest BCUT2D eigenvalue weighted by molar-refractivity contribution is 0.834. The summed E-state index contributed by atoms with van der Waals surface area (Å²) in [6.07, 6.45) is 2.78. The molecule has 3 heteroatoms. The van der Waals surface area contributed by atoms with Gasteiger partial charge in [-0.1, -0.05) is 15.9 Å². The van der Waals surface area contributed by atoms with Gasteiger partial charge in [-0.2, -0.15) is 0 Å². The summed E-state index contributed by atoms with van der Waals surface area (Å²) in [7, 11) is 0. The van der Waals surface area contributed by atoms with E-state index in [0.717, 1.165) is 5.92 Å². The molecule has 0 amide bonds. The van der Waals surface area contributed by atoms with Gasteiger partial charge in [0, 0.05) is 14.2 Å². The van der Waals surface area contributed by atoms with Crippen molar-refractivity contribution in [1.82, 2.24) is 0 Å². The van der Waals surface area contributed by atoms with E-state index in [-0.39, 0.29) is 0 Å². The highest BCUT2D eigenvalue weighted by atomic mass is 79.9. The fourth-order valence-corrected chi connectivity index (χ4v) is 4.62. The third kappa shape index (κ3) is 1.78. The molecule has 1 aromatic heterocycles. The molecule has 0 aliphatic heterocycles. The average Bonchev–Trinajstić information content (AvgIpc) is 2.77. The van der Waals surface area contributed by atoms with Crippen LogP contribution in [-0.2, 0) is 0 Å². The summed E-state index contributed by atoms with van der Waals surface area (Å²) < 4.78 is 1.28. The molecule has 0 radical (unpaired) electrons. The molecule has 1 unspecified atom stereocenters. The van der Waals surface area contributed by atoms with Crippen LogP contribution in [0.25, 0.3) is 0 Å². The van der Waals surface area contributed by atoms with E-state index in [9.17, 15) is 0 Å². The number of hydrogen-bond acceptors (Lipinski definition) is 1. The van der Waals surface area contributed by atoms with E-state index in [1.165, 1.54) is 27.1 Å². The van der Waals surface area contributed by atoms with E-state index < -0.39 is 0 Å². The summed E-state index contributed by atoms with van der Waals surface area (Å²) in [5.41, 5.74) is 0. The van der Waals surface area contributed by atoms with Gasteiger partial charge in [-0.15, -0.1) is 11.3 Å². The molecule has 0 N–H and O–H groups in total. The van der Waals surface area contributed by atoms with Crippen LogP contribution in [0.1, 0.15) is 27.4 Å². The lowest BCUT2D eigenvalue weighted by Crippen LogP contribution is -1.87. The average molecular weight is 310 g/mol. The molecule has 1 fully saturated rings. The highest BCUT2D eigenvalue weighted by molar-refractivity contribution is 9.11. The molecule has 66 valence electrons. The van der Waals surface area contributed by atoms with Gasteiger partial charge < -0.3 is 0 Å². The molecule has 0 bridgehead atoms. The van der Waals surface area contributed by atoms with Crippen molar-refractivity contribution in [2.24, 2.45) is 5.92 Å². The number of aryl methyl sites for hydroxylation is 1. The number of thiophene rings is 1. The molecule has 1 atom stereocenters. The minimum Gasteiger partial charge on any atom is -0.143 e. The fourth-order valence-electron chi connectivity index (χ4n) is 1.29. The van der Waals surface area contributed by atoms with Crippen LogP contribution in [0.3, 0.4) is 0 Å². The van der Waals surface area contributed by atoms with Crippen LogP contribution in [0.15, 0.2) is 10.5 Å². The van der Waals surface area contributed by atoms with Gasteiger partial charge in [-0.05, 0) is 47.7 Å². The second-order valence-electron chi connectivity index (χ2n) is 3.31. The molecule has 1 aromatic rings. The van der Waals surface area contributed by atoms with Crippen molar-refractivity contribution in [3.8, 4) is 0 Å². The Bertz CT molecular complexity index is 289. The van der Waals surface area contributed by atoms with Gasteiger partial charge in [0.15, 0.2) is 0 Å². The van der Waals surface area contributed by atoms with E-state index in [0.29, 0.717) is 4.83 Å². The van der Waals surface area contributed by atoms with Crippen molar-refractivity contribution in [2.45, 2.75) is 24.6 Å². The molecule has 1 heterocycles. The number of halogens is 2. The number of alkyl halides is 1. The topological polar surface area (TPSA) is 0 Å². The minimum atomic E-state index is 0.588. The highest BCUT2D eigenvalue weighted by Crippen LogP contribution is 2.50. The normalized spacial score (nSPS) is 19.6. The SMILES string of the molecule is Cc1cc(Br)c(C(Br)C2CC2)s1. The lowest BCUT2D eigenvalue weighted by atomic mass is 10.2. The van der Waals surface area contributed by atoms with E-state index in [4.69, 9.17) is 0 Å². The van der Waals surface area contributed by atoms with Crippen molar-refractivity contribution < 1.29 is 0 Å². The molecule has 0 saturated heterocycles. The Morgan fingerprint density at radius 3 is 2.67 bits per heavy atom. The third-order valence-corrected chi connectivity index (χ3v) is 5.68. The van der Waals surface area contributed by atoms with Crippen LogP contribution in [0.5, 0.6) is 0 Å². The molecule has 2 rings (SSSR count). The van der Waals surface area contributed by atoms with Crippen LogP contribution < -0.4 is 0 Å². The summed E-state index contributed by atoms with van der Waals surface area (Å²) in [6.45, 7) is 2.16. The third-order valence-electron chi connectivity index (χ3n) is 2.12. The molecule has 12 heavy (non-hydrogen) atoms. The van der Waals surface area contributed by atoms with Gasteiger partial charge >= 0.3 is 0 Å². The van der Waals surface area contributed by atoms with Crippen LogP contribution in [0.2, 0.25) is 0 Å². The predicted octanol–water partition coefficient (Wildman–Crippen LogP) is 4.67.